The molecule has 0 saturated carbocycles. The Bertz CT molecular complexity index is 554. The molecule has 0 fully saturated rings. The van der Waals surface area contributed by atoms with Gasteiger partial charge >= 0.3 is 5.97 Å². The zero-order valence-corrected chi connectivity index (χ0v) is 10.6. The predicted molar refractivity (Wildman–Crippen MR) is 67.4 cm³/mol. The second-order valence-electron chi connectivity index (χ2n) is 3.65. The number of thiophene rings is 1. The van der Waals surface area contributed by atoms with Crippen LogP contribution >= 0.6 is 11.3 Å². The summed E-state index contributed by atoms with van der Waals surface area (Å²) in [6.07, 6.45) is 3.31. The molecule has 2 rings (SSSR count). The number of aromatic nitrogens is 2. The Morgan fingerprint density at radius 1 is 1.44 bits per heavy atom. The van der Waals surface area contributed by atoms with Crippen LogP contribution in [0, 0.1) is 0 Å². The lowest BCUT2D eigenvalue weighted by Crippen LogP contribution is -1.94. The minimum atomic E-state index is -0.954. The highest BCUT2D eigenvalue weighted by atomic mass is 32.1. The lowest BCUT2D eigenvalue weighted by molar-refractivity contribution is 0.0702. The highest BCUT2D eigenvalue weighted by molar-refractivity contribution is 7.12. The lowest BCUT2D eigenvalue weighted by atomic mass is 10.2. The summed E-state index contributed by atoms with van der Waals surface area (Å²) < 4.78 is 5.49. The van der Waals surface area contributed by atoms with E-state index >= 15 is 0 Å². The number of aryl methyl sites for hydroxylation is 1. The number of carbonyl (C=O) groups is 1. The number of carboxylic acid groups (broad SMARTS) is 1. The van der Waals surface area contributed by atoms with E-state index in [1.54, 1.807) is 11.4 Å². The Hall–Kier alpha value is -1.95. The molecule has 94 valence electrons. The first kappa shape index (κ1) is 12.5. The minimum absolute atomic E-state index is 0.243. The second kappa shape index (κ2) is 5.59. The first-order valence-corrected chi connectivity index (χ1v) is 6.37. The highest BCUT2D eigenvalue weighted by Gasteiger charge is 2.09. The summed E-state index contributed by atoms with van der Waals surface area (Å²) in [5.41, 5.74) is 0.913. The van der Waals surface area contributed by atoms with Gasteiger partial charge in [-0.3, -0.25) is 0 Å². The molecule has 0 spiro atoms. The quantitative estimate of drug-likeness (QED) is 0.898. The summed E-state index contributed by atoms with van der Waals surface area (Å²) in [6.45, 7) is 2.07. The van der Waals surface area contributed by atoms with Crippen LogP contribution in [0.4, 0.5) is 0 Å². The molecule has 2 aromatic rings. The van der Waals surface area contributed by atoms with Crippen molar-refractivity contribution in [2.24, 2.45) is 0 Å². The maximum atomic E-state index is 10.7. The molecular formula is C12H12N2O3S. The number of nitrogens with zero attached hydrogens (tertiary/aromatic N) is 2. The maximum absolute atomic E-state index is 10.7. The molecule has 0 aromatic carbocycles. The number of ether oxygens (including phenoxy) is 1. The summed E-state index contributed by atoms with van der Waals surface area (Å²) in [7, 11) is 0. The number of hydrogen-bond acceptors (Lipinski definition) is 5. The average Bonchev–Trinajstić information content (AvgIpc) is 2.78. The number of aromatic carboxylic acids is 1. The molecule has 0 amide bonds. The third kappa shape index (κ3) is 3.04. The summed E-state index contributed by atoms with van der Waals surface area (Å²) in [6, 6.07) is 3.25. The molecule has 0 aliphatic rings. The molecule has 0 unspecified atom stereocenters. The summed E-state index contributed by atoms with van der Waals surface area (Å²) in [4.78, 5) is 19.1. The van der Waals surface area contributed by atoms with Gasteiger partial charge < -0.3 is 9.84 Å². The van der Waals surface area contributed by atoms with Gasteiger partial charge in [-0.2, -0.15) is 0 Å². The van der Waals surface area contributed by atoms with E-state index in [4.69, 9.17) is 9.84 Å². The topological polar surface area (TPSA) is 72.3 Å². The van der Waals surface area contributed by atoms with Crippen LogP contribution < -0.4 is 4.74 Å². The van der Waals surface area contributed by atoms with Crippen molar-refractivity contribution in [2.75, 3.05) is 0 Å². The molecule has 0 bridgehead atoms. The van der Waals surface area contributed by atoms with Crippen LogP contribution in [0.25, 0.3) is 0 Å². The molecule has 0 atom stereocenters. The van der Waals surface area contributed by atoms with Crippen LogP contribution in [0.2, 0.25) is 0 Å². The molecule has 6 heteroatoms. The molecule has 18 heavy (non-hydrogen) atoms. The van der Waals surface area contributed by atoms with Crippen molar-refractivity contribution in [1.82, 2.24) is 9.97 Å². The molecule has 0 aliphatic carbocycles. The van der Waals surface area contributed by atoms with Gasteiger partial charge in [0.1, 0.15) is 17.0 Å². The molecular weight excluding hydrogens is 252 g/mol. The Labute approximate surface area is 108 Å². The molecule has 1 N–H and O–H groups in total. The zero-order valence-electron chi connectivity index (χ0n) is 9.79. The Morgan fingerprint density at radius 2 is 2.28 bits per heavy atom. The van der Waals surface area contributed by atoms with E-state index in [0.717, 1.165) is 29.9 Å². The Kier molecular flexibility index (Phi) is 3.88. The van der Waals surface area contributed by atoms with Crippen molar-refractivity contribution in [3.63, 3.8) is 0 Å². The fourth-order valence-corrected chi connectivity index (χ4v) is 2.08. The monoisotopic (exact) mass is 264 g/mol. The Morgan fingerprint density at radius 3 is 2.94 bits per heavy atom. The van der Waals surface area contributed by atoms with Crippen LogP contribution in [-0.4, -0.2) is 21.0 Å². The van der Waals surface area contributed by atoms with Gasteiger partial charge in [-0.05, 0) is 6.42 Å². The van der Waals surface area contributed by atoms with E-state index in [2.05, 4.69) is 16.9 Å². The van der Waals surface area contributed by atoms with E-state index in [1.807, 2.05) is 0 Å². The third-order valence-corrected chi connectivity index (χ3v) is 3.11. The normalized spacial score (nSPS) is 10.3. The first-order valence-electron chi connectivity index (χ1n) is 5.49. The maximum Gasteiger partial charge on any atom is 0.346 e. The van der Waals surface area contributed by atoms with Gasteiger partial charge in [-0.15, -0.1) is 11.3 Å². The van der Waals surface area contributed by atoms with Crippen molar-refractivity contribution in [3.8, 4) is 11.6 Å². The van der Waals surface area contributed by atoms with E-state index in [-0.39, 0.29) is 4.88 Å². The van der Waals surface area contributed by atoms with Crippen molar-refractivity contribution >= 4 is 17.3 Å². The molecule has 0 radical (unpaired) electrons. The van der Waals surface area contributed by atoms with Gasteiger partial charge in [0.05, 0.1) is 0 Å². The third-order valence-electron chi connectivity index (χ3n) is 2.21. The highest BCUT2D eigenvalue weighted by Crippen LogP contribution is 2.26. The van der Waals surface area contributed by atoms with Crippen LogP contribution in [0.3, 0.4) is 0 Å². The zero-order chi connectivity index (χ0) is 13.0. The predicted octanol–water partition coefficient (Wildman–Crippen LogP) is 2.98. The van der Waals surface area contributed by atoms with Gasteiger partial charge in [-0.25, -0.2) is 14.8 Å². The standard InChI is InChI=1S/C12H12N2O3S/c1-2-3-8-4-11(14-7-13-8)17-9-5-10(12(15)16)18-6-9/h4-7H,2-3H2,1H3,(H,15,16). The molecule has 0 aliphatic heterocycles. The number of hydrogen-bond donors (Lipinski definition) is 1. The van der Waals surface area contributed by atoms with Gasteiger partial charge in [0.25, 0.3) is 0 Å². The second-order valence-corrected chi connectivity index (χ2v) is 4.56. The summed E-state index contributed by atoms with van der Waals surface area (Å²) >= 11 is 1.12. The fourth-order valence-electron chi connectivity index (χ4n) is 1.43. The van der Waals surface area contributed by atoms with E-state index in [9.17, 15) is 4.79 Å². The molecule has 0 saturated heterocycles. The molecule has 5 nitrogen and oxygen atoms in total. The van der Waals surface area contributed by atoms with Crippen LogP contribution in [0.5, 0.6) is 11.6 Å². The fraction of sp³-hybridized carbons (Fsp3) is 0.250. The minimum Gasteiger partial charge on any atom is -0.477 e. The van der Waals surface area contributed by atoms with Crippen LogP contribution in [0.1, 0.15) is 28.7 Å². The van der Waals surface area contributed by atoms with Crippen LogP contribution in [-0.2, 0) is 6.42 Å². The molecule has 2 aromatic heterocycles. The largest absolute Gasteiger partial charge is 0.477 e. The van der Waals surface area contributed by atoms with Crippen molar-refractivity contribution < 1.29 is 14.6 Å². The summed E-state index contributed by atoms with van der Waals surface area (Å²) in [5, 5.41) is 10.5. The van der Waals surface area contributed by atoms with E-state index in [0.29, 0.717) is 11.6 Å². The smallest absolute Gasteiger partial charge is 0.346 e. The van der Waals surface area contributed by atoms with Gasteiger partial charge in [-0.1, -0.05) is 13.3 Å². The number of carboxylic acids is 1. The van der Waals surface area contributed by atoms with Crippen molar-refractivity contribution in [1.29, 1.82) is 0 Å². The summed E-state index contributed by atoms with van der Waals surface area (Å²) in [5.74, 6) is -0.0362. The van der Waals surface area contributed by atoms with Crippen molar-refractivity contribution in [3.05, 3.63) is 34.4 Å². The van der Waals surface area contributed by atoms with E-state index in [1.165, 1.54) is 12.4 Å². The number of rotatable bonds is 5. The van der Waals surface area contributed by atoms with Gasteiger partial charge in [0, 0.05) is 23.2 Å². The first-order chi connectivity index (χ1) is 8.69. The van der Waals surface area contributed by atoms with Crippen molar-refractivity contribution in [2.45, 2.75) is 19.8 Å². The molecule has 2 heterocycles. The lowest BCUT2D eigenvalue weighted by Gasteiger charge is -2.03. The Balaban J connectivity index is 2.12. The van der Waals surface area contributed by atoms with Gasteiger partial charge in [0.15, 0.2) is 0 Å². The van der Waals surface area contributed by atoms with Gasteiger partial charge in [0.2, 0.25) is 5.88 Å². The average molecular weight is 264 g/mol. The van der Waals surface area contributed by atoms with E-state index < -0.39 is 5.97 Å². The van der Waals surface area contributed by atoms with Crippen LogP contribution in [0.15, 0.2) is 23.8 Å². The SMILES string of the molecule is CCCc1cc(Oc2csc(C(=O)O)c2)ncn1.